The van der Waals surface area contributed by atoms with Crippen LogP contribution in [-0.2, 0) is 10.0 Å². The second-order valence-electron chi connectivity index (χ2n) is 4.42. The van der Waals surface area contributed by atoms with E-state index in [1.54, 1.807) is 4.31 Å². The number of hydrogen-bond donors (Lipinski definition) is 1. The topological polar surface area (TPSA) is 63.4 Å². The molecule has 2 N–H and O–H groups in total. The fourth-order valence-corrected chi connectivity index (χ4v) is 3.64. The summed E-state index contributed by atoms with van der Waals surface area (Å²) in [4.78, 5) is 0. The third-order valence-corrected chi connectivity index (χ3v) is 4.73. The van der Waals surface area contributed by atoms with Crippen LogP contribution in [0.1, 0.15) is 20.3 Å². The minimum atomic E-state index is -3.02. The van der Waals surface area contributed by atoms with Crippen molar-refractivity contribution in [2.24, 2.45) is 17.6 Å². The number of sulfonamides is 1. The van der Waals surface area contributed by atoms with Gasteiger partial charge >= 0.3 is 0 Å². The number of nitrogens with zero attached hydrogens (tertiary/aromatic N) is 1. The smallest absolute Gasteiger partial charge is 0.214 e. The zero-order valence-corrected chi connectivity index (χ0v) is 9.76. The number of nitrogens with two attached hydrogens (primary N) is 1. The van der Waals surface area contributed by atoms with Crippen LogP contribution < -0.4 is 5.73 Å². The molecule has 0 bridgehead atoms. The Balaban J connectivity index is 2.57. The van der Waals surface area contributed by atoms with Crippen molar-refractivity contribution < 1.29 is 8.42 Å². The molecular weight excluding hydrogens is 200 g/mol. The number of rotatable bonds is 4. The normalized spacial score (nSPS) is 24.7. The Kier molecular flexibility index (Phi) is 3.92. The summed E-state index contributed by atoms with van der Waals surface area (Å²) >= 11 is 0. The molecule has 4 nitrogen and oxygen atoms in total. The molecule has 1 aliphatic heterocycles. The second-order valence-corrected chi connectivity index (χ2v) is 6.43. The van der Waals surface area contributed by atoms with Gasteiger partial charge < -0.3 is 5.73 Å². The van der Waals surface area contributed by atoms with Crippen LogP contribution >= 0.6 is 0 Å². The first-order valence-electron chi connectivity index (χ1n) is 5.13. The summed E-state index contributed by atoms with van der Waals surface area (Å²) in [5.74, 6) is 0.804. The molecule has 0 spiro atoms. The zero-order valence-electron chi connectivity index (χ0n) is 8.94. The zero-order chi connectivity index (χ0) is 10.8. The summed E-state index contributed by atoms with van der Waals surface area (Å²) in [6, 6.07) is 0. The monoisotopic (exact) mass is 220 g/mol. The SMILES string of the molecule is CC(C)CS(=O)(=O)N1CCC(CN)C1. The average Bonchev–Trinajstić information content (AvgIpc) is 2.49. The van der Waals surface area contributed by atoms with Crippen molar-refractivity contribution in [2.75, 3.05) is 25.4 Å². The van der Waals surface area contributed by atoms with Gasteiger partial charge in [-0.15, -0.1) is 0 Å². The van der Waals surface area contributed by atoms with Crippen LogP contribution in [0.15, 0.2) is 0 Å². The van der Waals surface area contributed by atoms with E-state index in [0.29, 0.717) is 25.6 Å². The van der Waals surface area contributed by atoms with E-state index in [2.05, 4.69) is 0 Å². The highest BCUT2D eigenvalue weighted by Crippen LogP contribution is 2.19. The quantitative estimate of drug-likeness (QED) is 0.739. The highest BCUT2D eigenvalue weighted by Gasteiger charge is 2.30. The van der Waals surface area contributed by atoms with Gasteiger partial charge in [0.1, 0.15) is 0 Å². The fourth-order valence-electron chi connectivity index (χ4n) is 1.77. The third-order valence-electron chi connectivity index (χ3n) is 2.52. The molecule has 14 heavy (non-hydrogen) atoms. The first-order valence-corrected chi connectivity index (χ1v) is 6.74. The fraction of sp³-hybridized carbons (Fsp3) is 1.00. The standard InChI is InChI=1S/C9H20N2O2S/c1-8(2)7-14(12,13)11-4-3-9(5-10)6-11/h8-9H,3-7,10H2,1-2H3. The van der Waals surface area contributed by atoms with Crippen LogP contribution in [0.25, 0.3) is 0 Å². The number of hydrogen-bond acceptors (Lipinski definition) is 3. The van der Waals surface area contributed by atoms with Crippen molar-refractivity contribution in [1.82, 2.24) is 4.31 Å². The lowest BCUT2D eigenvalue weighted by Gasteiger charge is -2.17. The lowest BCUT2D eigenvalue weighted by atomic mass is 10.1. The maximum Gasteiger partial charge on any atom is 0.214 e. The van der Waals surface area contributed by atoms with Gasteiger partial charge in [0.15, 0.2) is 0 Å². The van der Waals surface area contributed by atoms with E-state index in [0.717, 1.165) is 6.42 Å². The Morgan fingerprint density at radius 2 is 2.14 bits per heavy atom. The Bertz CT molecular complexity index is 275. The summed E-state index contributed by atoms with van der Waals surface area (Å²) in [7, 11) is -3.02. The first kappa shape index (κ1) is 11.9. The van der Waals surface area contributed by atoms with Gasteiger partial charge in [0.05, 0.1) is 5.75 Å². The molecule has 0 aliphatic carbocycles. The predicted molar refractivity (Wildman–Crippen MR) is 57.4 cm³/mol. The molecule has 1 aliphatic rings. The molecular formula is C9H20N2O2S. The Labute approximate surface area is 86.5 Å². The first-order chi connectivity index (χ1) is 6.45. The summed E-state index contributed by atoms with van der Waals surface area (Å²) in [5.41, 5.74) is 5.52. The summed E-state index contributed by atoms with van der Waals surface area (Å²) < 4.78 is 25.2. The lowest BCUT2D eigenvalue weighted by molar-refractivity contribution is 0.453. The van der Waals surface area contributed by atoms with Gasteiger partial charge in [-0.05, 0) is 24.8 Å². The predicted octanol–water partition coefficient (Wildman–Crippen LogP) is 0.253. The summed E-state index contributed by atoms with van der Waals surface area (Å²) in [6.07, 6.45) is 0.911. The molecule has 0 aromatic rings. The van der Waals surface area contributed by atoms with E-state index >= 15 is 0 Å². The van der Waals surface area contributed by atoms with E-state index in [4.69, 9.17) is 5.73 Å². The maximum absolute atomic E-state index is 11.8. The Morgan fingerprint density at radius 1 is 1.50 bits per heavy atom. The molecule has 0 saturated carbocycles. The molecule has 0 amide bonds. The molecule has 1 heterocycles. The van der Waals surface area contributed by atoms with Crippen LogP contribution in [0, 0.1) is 11.8 Å². The average molecular weight is 220 g/mol. The van der Waals surface area contributed by atoms with Gasteiger partial charge in [0, 0.05) is 13.1 Å². The van der Waals surface area contributed by atoms with Gasteiger partial charge in [-0.3, -0.25) is 0 Å². The van der Waals surface area contributed by atoms with Crippen LogP contribution in [-0.4, -0.2) is 38.1 Å². The van der Waals surface area contributed by atoms with Gasteiger partial charge in [0.2, 0.25) is 10.0 Å². The summed E-state index contributed by atoms with van der Waals surface area (Å²) in [6.45, 7) is 5.71. The van der Waals surface area contributed by atoms with Gasteiger partial charge in [-0.1, -0.05) is 13.8 Å². The van der Waals surface area contributed by atoms with Crippen molar-refractivity contribution >= 4 is 10.0 Å². The molecule has 1 fully saturated rings. The molecule has 0 aromatic heterocycles. The van der Waals surface area contributed by atoms with Crippen LogP contribution in [0.4, 0.5) is 0 Å². The van der Waals surface area contributed by atoms with E-state index in [1.165, 1.54) is 0 Å². The van der Waals surface area contributed by atoms with E-state index in [1.807, 2.05) is 13.8 Å². The van der Waals surface area contributed by atoms with Crippen molar-refractivity contribution in [1.29, 1.82) is 0 Å². The minimum Gasteiger partial charge on any atom is -0.330 e. The maximum atomic E-state index is 11.8. The van der Waals surface area contributed by atoms with E-state index in [-0.39, 0.29) is 11.7 Å². The van der Waals surface area contributed by atoms with Crippen LogP contribution in [0.3, 0.4) is 0 Å². The van der Waals surface area contributed by atoms with Crippen molar-refractivity contribution in [3.05, 3.63) is 0 Å². The highest BCUT2D eigenvalue weighted by atomic mass is 32.2. The molecule has 84 valence electrons. The van der Waals surface area contributed by atoms with Crippen LogP contribution in [0.5, 0.6) is 0 Å². The third kappa shape index (κ3) is 2.93. The summed E-state index contributed by atoms with van der Waals surface area (Å²) in [5, 5.41) is 0. The molecule has 1 saturated heterocycles. The lowest BCUT2D eigenvalue weighted by Crippen LogP contribution is -2.33. The highest BCUT2D eigenvalue weighted by molar-refractivity contribution is 7.89. The molecule has 1 rings (SSSR count). The Hall–Kier alpha value is -0.130. The molecule has 1 atom stereocenters. The largest absolute Gasteiger partial charge is 0.330 e. The molecule has 0 aromatic carbocycles. The van der Waals surface area contributed by atoms with Crippen LogP contribution in [0.2, 0.25) is 0 Å². The van der Waals surface area contributed by atoms with Gasteiger partial charge in [-0.25, -0.2) is 12.7 Å². The van der Waals surface area contributed by atoms with Crippen molar-refractivity contribution in [3.63, 3.8) is 0 Å². The Morgan fingerprint density at radius 3 is 2.57 bits per heavy atom. The van der Waals surface area contributed by atoms with E-state index in [9.17, 15) is 8.42 Å². The molecule has 0 radical (unpaired) electrons. The minimum absolute atomic E-state index is 0.192. The molecule has 1 unspecified atom stereocenters. The van der Waals surface area contributed by atoms with Crippen molar-refractivity contribution in [3.8, 4) is 0 Å². The van der Waals surface area contributed by atoms with Gasteiger partial charge in [0.25, 0.3) is 0 Å². The van der Waals surface area contributed by atoms with Crippen molar-refractivity contribution in [2.45, 2.75) is 20.3 Å². The molecule has 5 heteroatoms. The second kappa shape index (κ2) is 4.59. The van der Waals surface area contributed by atoms with Gasteiger partial charge in [-0.2, -0.15) is 0 Å². The van der Waals surface area contributed by atoms with E-state index < -0.39 is 10.0 Å².